The molecule has 0 atom stereocenters. The third kappa shape index (κ3) is 0.586. The van der Waals surface area contributed by atoms with Crippen molar-refractivity contribution in [1.29, 1.82) is 0 Å². The van der Waals surface area contributed by atoms with Crippen LogP contribution in [0.4, 0.5) is 4.39 Å². The zero-order chi connectivity index (χ0) is 6.97. The molecule has 2 aromatic heterocycles. The van der Waals surface area contributed by atoms with E-state index in [1.54, 1.807) is 12.1 Å². The van der Waals surface area contributed by atoms with Crippen molar-refractivity contribution in [1.82, 2.24) is 14.6 Å². The summed E-state index contributed by atoms with van der Waals surface area (Å²) in [6.07, 6.45) is 1.34. The molecule has 2 heterocycles. The van der Waals surface area contributed by atoms with Gasteiger partial charge < -0.3 is 0 Å². The maximum Gasteiger partial charge on any atom is 0.200 e. The highest BCUT2D eigenvalue weighted by Gasteiger charge is 1.96. The monoisotopic (exact) mass is 137 g/mol. The molecule has 3 nitrogen and oxygen atoms in total. The molecule has 10 heavy (non-hydrogen) atoms. The number of hydrogen-bond donors (Lipinski definition) is 0. The molecule has 0 saturated carbocycles. The highest BCUT2D eigenvalue weighted by atomic mass is 19.1. The van der Waals surface area contributed by atoms with E-state index in [0.717, 1.165) is 0 Å². The second kappa shape index (κ2) is 1.76. The van der Waals surface area contributed by atoms with Gasteiger partial charge in [-0.25, -0.2) is 0 Å². The highest BCUT2D eigenvalue weighted by Crippen LogP contribution is 2.00. The van der Waals surface area contributed by atoms with Gasteiger partial charge in [-0.2, -0.15) is 4.39 Å². The Bertz CT molecular complexity index is 355. The molecule has 0 amide bonds. The van der Waals surface area contributed by atoms with E-state index in [9.17, 15) is 4.39 Å². The summed E-state index contributed by atoms with van der Waals surface area (Å²) in [6, 6.07) is 4.64. The van der Waals surface area contributed by atoms with Crippen LogP contribution in [0.25, 0.3) is 5.65 Å². The molecule has 50 valence electrons. The standard InChI is InChI=1S/C6H4FN3/c7-5-2-1-3-6-9-8-4-10(5)6/h1-4H. The molecule has 0 aliphatic heterocycles. The first-order valence-electron chi connectivity index (χ1n) is 2.82. The van der Waals surface area contributed by atoms with Gasteiger partial charge in [-0.05, 0) is 12.1 Å². The first kappa shape index (κ1) is 5.34. The average Bonchev–Trinajstić information content (AvgIpc) is 2.36. The summed E-state index contributed by atoms with van der Waals surface area (Å²) in [5.74, 6) is -0.345. The molecular formula is C6H4FN3. The molecule has 2 rings (SSSR count). The molecule has 0 spiro atoms. The van der Waals surface area contributed by atoms with Crippen molar-refractivity contribution in [2.75, 3.05) is 0 Å². The fraction of sp³-hybridized carbons (Fsp3) is 0. The lowest BCUT2D eigenvalue weighted by atomic mass is 10.5. The van der Waals surface area contributed by atoms with E-state index in [4.69, 9.17) is 0 Å². The predicted molar refractivity (Wildman–Crippen MR) is 32.9 cm³/mol. The third-order valence-corrected chi connectivity index (χ3v) is 1.28. The maximum absolute atomic E-state index is 12.7. The Kier molecular flexibility index (Phi) is 0.943. The first-order valence-corrected chi connectivity index (χ1v) is 2.82. The second-order valence-corrected chi connectivity index (χ2v) is 1.91. The van der Waals surface area contributed by atoms with Gasteiger partial charge in [0.2, 0.25) is 5.95 Å². The van der Waals surface area contributed by atoms with Crippen LogP contribution in [0.3, 0.4) is 0 Å². The van der Waals surface area contributed by atoms with Crippen LogP contribution in [-0.4, -0.2) is 14.6 Å². The largest absolute Gasteiger partial charge is 0.257 e. The third-order valence-electron chi connectivity index (χ3n) is 1.28. The quantitative estimate of drug-likeness (QED) is 0.504. The minimum atomic E-state index is -0.345. The molecule has 0 aromatic carbocycles. The molecule has 0 bridgehead atoms. The molecule has 0 saturated heterocycles. The van der Waals surface area contributed by atoms with Crippen LogP contribution in [0.5, 0.6) is 0 Å². The summed E-state index contributed by atoms with van der Waals surface area (Å²) in [6.45, 7) is 0. The molecule has 2 aromatic rings. The number of hydrogen-bond acceptors (Lipinski definition) is 2. The summed E-state index contributed by atoms with van der Waals surface area (Å²) in [4.78, 5) is 0. The zero-order valence-corrected chi connectivity index (χ0v) is 5.03. The van der Waals surface area contributed by atoms with Crippen LogP contribution >= 0.6 is 0 Å². The normalized spacial score (nSPS) is 10.5. The Morgan fingerprint density at radius 1 is 1.40 bits per heavy atom. The summed E-state index contributed by atoms with van der Waals surface area (Å²) in [5, 5.41) is 7.19. The van der Waals surface area contributed by atoms with Gasteiger partial charge in [0.15, 0.2) is 5.65 Å². The van der Waals surface area contributed by atoms with Gasteiger partial charge in [-0.1, -0.05) is 6.07 Å². The van der Waals surface area contributed by atoms with Crippen molar-refractivity contribution < 1.29 is 4.39 Å². The number of aromatic nitrogens is 3. The van der Waals surface area contributed by atoms with Gasteiger partial charge in [0.1, 0.15) is 6.33 Å². The van der Waals surface area contributed by atoms with Crippen LogP contribution in [0, 0.1) is 5.95 Å². The van der Waals surface area contributed by atoms with Crippen LogP contribution < -0.4 is 0 Å². The van der Waals surface area contributed by atoms with Gasteiger partial charge >= 0.3 is 0 Å². The number of nitrogens with zero attached hydrogens (tertiary/aromatic N) is 3. The molecule has 0 aliphatic rings. The summed E-state index contributed by atoms with van der Waals surface area (Å²) in [5.41, 5.74) is 0.528. The van der Waals surface area contributed by atoms with Gasteiger partial charge in [0, 0.05) is 0 Å². The van der Waals surface area contributed by atoms with E-state index < -0.39 is 0 Å². The SMILES string of the molecule is Fc1cccc2nncn12. The lowest BCUT2D eigenvalue weighted by molar-refractivity contribution is 0.567. The summed E-state index contributed by atoms with van der Waals surface area (Å²) < 4.78 is 14.0. The Balaban J connectivity index is 2.95. The Morgan fingerprint density at radius 3 is 3.10 bits per heavy atom. The van der Waals surface area contributed by atoms with Crippen molar-refractivity contribution in [3.63, 3.8) is 0 Å². The summed E-state index contributed by atoms with van der Waals surface area (Å²) in [7, 11) is 0. The Labute approximate surface area is 56.1 Å². The maximum atomic E-state index is 12.7. The van der Waals surface area contributed by atoms with Crippen molar-refractivity contribution >= 4 is 5.65 Å². The van der Waals surface area contributed by atoms with Crippen molar-refractivity contribution in [2.24, 2.45) is 0 Å². The molecular weight excluding hydrogens is 133 g/mol. The van der Waals surface area contributed by atoms with Crippen LogP contribution in [0.1, 0.15) is 0 Å². The van der Waals surface area contributed by atoms with Crippen molar-refractivity contribution in [3.05, 3.63) is 30.5 Å². The molecule has 0 fully saturated rings. The first-order chi connectivity index (χ1) is 4.88. The van der Waals surface area contributed by atoms with Gasteiger partial charge in [-0.3, -0.25) is 4.40 Å². The van der Waals surface area contributed by atoms with Crippen molar-refractivity contribution in [2.45, 2.75) is 0 Å². The topological polar surface area (TPSA) is 30.2 Å². The number of rotatable bonds is 0. The Hall–Kier alpha value is -1.45. The van der Waals surface area contributed by atoms with E-state index in [2.05, 4.69) is 10.2 Å². The van der Waals surface area contributed by atoms with Gasteiger partial charge in [-0.15, -0.1) is 10.2 Å². The minimum absolute atomic E-state index is 0.345. The van der Waals surface area contributed by atoms with E-state index in [0.29, 0.717) is 5.65 Å². The van der Waals surface area contributed by atoms with Crippen LogP contribution in [-0.2, 0) is 0 Å². The molecule has 0 N–H and O–H groups in total. The fourth-order valence-corrected chi connectivity index (χ4v) is 0.816. The van der Waals surface area contributed by atoms with E-state index in [-0.39, 0.29) is 5.95 Å². The van der Waals surface area contributed by atoms with E-state index >= 15 is 0 Å². The fourth-order valence-electron chi connectivity index (χ4n) is 0.816. The lowest BCUT2D eigenvalue weighted by Crippen LogP contribution is -1.88. The lowest BCUT2D eigenvalue weighted by Gasteiger charge is -1.90. The number of fused-ring (bicyclic) bond motifs is 1. The number of pyridine rings is 1. The molecule has 0 aliphatic carbocycles. The minimum Gasteiger partial charge on any atom is -0.257 e. The zero-order valence-electron chi connectivity index (χ0n) is 5.03. The predicted octanol–water partition coefficient (Wildman–Crippen LogP) is 0.868. The van der Waals surface area contributed by atoms with Gasteiger partial charge in [0.05, 0.1) is 0 Å². The van der Waals surface area contributed by atoms with Gasteiger partial charge in [0.25, 0.3) is 0 Å². The molecule has 4 heteroatoms. The van der Waals surface area contributed by atoms with Crippen LogP contribution in [0.15, 0.2) is 24.5 Å². The Morgan fingerprint density at radius 2 is 2.30 bits per heavy atom. The van der Waals surface area contributed by atoms with E-state index in [1.807, 2.05) is 0 Å². The molecule has 0 radical (unpaired) electrons. The average molecular weight is 137 g/mol. The van der Waals surface area contributed by atoms with Crippen molar-refractivity contribution in [3.8, 4) is 0 Å². The summed E-state index contributed by atoms with van der Waals surface area (Å²) >= 11 is 0. The number of halogens is 1. The smallest absolute Gasteiger partial charge is 0.200 e. The van der Waals surface area contributed by atoms with Crippen LogP contribution in [0.2, 0.25) is 0 Å². The van der Waals surface area contributed by atoms with E-state index in [1.165, 1.54) is 16.8 Å². The molecule has 0 unspecified atom stereocenters. The second-order valence-electron chi connectivity index (χ2n) is 1.91. The highest BCUT2D eigenvalue weighted by molar-refractivity contribution is 5.35.